The molecular formula is C9H18N4O. The van der Waals surface area contributed by atoms with Crippen LogP contribution in [0.5, 0.6) is 0 Å². The van der Waals surface area contributed by atoms with Gasteiger partial charge in [0.05, 0.1) is 0 Å². The average molecular weight is 198 g/mol. The Labute approximate surface area is 84.0 Å². The van der Waals surface area contributed by atoms with Crippen molar-refractivity contribution in [3.8, 4) is 0 Å². The van der Waals surface area contributed by atoms with E-state index >= 15 is 0 Å². The van der Waals surface area contributed by atoms with Gasteiger partial charge in [0.25, 0.3) is 0 Å². The van der Waals surface area contributed by atoms with Crippen molar-refractivity contribution in [3.05, 3.63) is 0 Å². The zero-order valence-corrected chi connectivity index (χ0v) is 8.49. The largest absolute Gasteiger partial charge is 0.351 e. The maximum atomic E-state index is 10.5. The molecular weight excluding hydrogens is 180 g/mol. The van der Waals surface area contributed by atoms with Crippen LogP contribution >= 0.6 is 0 Å². The van der Waals surface area contributed by atoms with Gasteiger partial charge in [-0.05, 0) is 32.7 Å². The fraction of sp³-hybridized carbons (Fsp3) is 0.889. The number of nitrogens with two attached hydrogens (primary N) is 1. The standard InChI is InChI=1S/C9H18N4O/c1-13-7-2-3-8(13)5-6(4-7)11-12-9(10)14/h6-8,11H,2-5H2,1H3,(H3,10,12,14). The van der Waals surface area contributed by atoms with Gasteiger partial charge in [-0.1, -0.05) is 0 Å². The lowest BCUT2D eigenvalue weighted by Gasteiger charge is -2.36. The molecule has 2 aliphatic rings. The maximum Gasteiger partial charge on any atom is 0.326 e. The van der Waals surface area contributed by atoms with Crippen LogP contribution in [-0.2, 0) is 0 Å². The highest BCUT2D eigenvalue weighted by Gasteiger charge is 2.38. The molecule has 0 radical (unpaired) electrons. The number of rotatable bonds is 2. The van der Waals surface area contributed by atoms with E-state index in [4.69, 9.17) is 5.73 Å². The number of hydrogen-bond acceptors (Lipinski definition) is 3. The second kappa shape index (κ2) is 3.74. The molecule has 2 unspecified atom stereocenters. The third kappa shape index (κ3) is 1.83. The van der Waals surface area contributed by atoms with Crippen molar-refractivity contribution in [2.75, 3.05) is 7.05 Å². The van der Waals surface area contributed by atoms with Gasteiger partial charge in [-0.15, -0.1) is 0 Å². The second-order valence-electron chi connectivity index (χ2n) is 4.35. The van der Waals surface area contributed by atoms with E-state index in [1.165, 1.54) is 12.8 Å². The van der Waals surface area contributed by atoms with Crippen LogP contribution in [0.15, 0.2) is 0 Å². The molecule has 2 saturated heterocycles. The number of nitrogens with one attached hydrogen (secondary N) is 2. The Morgan fingerprint density at radius 3 is 2.43 bits per heavy atom. The number of primary amides is 1. The molecule has 0 aromatic heterocycles. The van der Waals surface area contributed by atoms with Gasteiger partial charge in [0, 0.05) is 18.1 Å². The fourth-order valence-electron chi connectivity index (χ4n) is 2.70. The lowest BCUT2D eigenvalue weighted by Crippen LogP contribution is -2.53. The van der Waals surface area contributed by atoms with E-state index in [2.05, 4.69) is 22.8 Å². The molecule has 5 nitrogen and oxygen atoms in total. The van der Waals surface area contributed by atoms with Crippen LogP contribution in [0.2, 0.25) is 0 Å². The van der Waals surface area contributed by atoms with Crippen molar-refractivity contribution < 1.29 is 4.79 Å². The van der Waals surface area contributed by atoms with Crippen LogP contribution in [0.25, 0.3) is 0 Å². The number of urea groups is 1. The zero-order chi connectivity index (χ0) is 10.1. The van der Waals surface area contributed by atoms with Gasteiger partial charge < -0.3 is 10.6 Å². The molecule has 5 heteroatoms. The summed E-state index contributed by atoms with van der Waals surface area (Å²) in [5.41, 5.74) is 10.5. The monoisotopic (exact) mass is 198 g/mol. The molecule has 2 aliphatic heterocycles. The predicted molar refractivity (Wildman–Crippen MR) is 53.4 cm³/mol. The first-order chi connectivity index (χ1) is 6.66. The molecule has 2 amide bonds. The fourth-order valence-corrected chi connectivity index (χ4v) is 2.70. The second-order valence-corrected chi connectivity index (χ2v) is 4.35. The van der Waals surface area contributed by atoms with E-state index < -0.39 is 6.03 Å². The summed E-state index contributed by atoms with van der Waals surface area (Å²) < 4.78 is 0. The zero-order valence-electron chi connectivity index (χ0n) is 8.49. The molecule has 0 saturated carbocycles. The van der Waals surface area contributed by atoms with Crippen LogP contribution < -0.4 is 16.6 Å². The maximum absolute atomic E-state index is 10.5. The minimum Gasteiger partial charge on any atom is -0.351 e. The summed E-state index contributed by atoms with van der Waals surface area (Å²) in [7, 11) is 2.19. The highest BCUT2D eigenvalue weighted by Crippen LogP contribution is 2.33. The van der Waals surface area contributed by atoms with E-state index in [1.807, 2.05) is 0 Å². The first kappa shape index (κ1) is 9.73. The van der Waals surface area contributed by atoms with Crippen molar-refractivity contribution in [3.63, 3.8) is 0 Å². The molecule has 2 heterocycles. The first-order valence-electron chi connectivity index (χ1n) is 5.19. The molecule has 0 aromatic rings. The predicted octanol–water partition coefficient (Wildman–Crippen LogP) is -0.215. The normalized spacial score (nSPS) is 37.1. The topological polar surface area (TPSA) is 70.4 Å². The SMILES string of the molecule is CN1C2CCC1CC(NNC(N)=O)C2. The van der Waals surface area contributed by atoms with Gasteiger partial charge in [-0.25, -0.2) is 10.2 Å². The van der Waals surface area contributed by atoms with Gasteiger partial charge in [0.2, 0.25) is 0 Å². The van der Waals surface area contributed by atoms with E-state index in [0.717, 1.165) is 12.8 Å². The number of nitrogens with zero attached hydrogens (tertiary/aromatic N) is 1. The van der Waals surface area contributed by atoms with E-state index in [1.54, 1.807) is 0 Å². The van der Waals surface area contributed by atoms with Crippen molar-refractivity contribution in [2.45, 2.75) is 43.8 Å². The van der Waals surface area contributed by atoms with Crippen LogP contribution in [-0.4, -0.2) is 36.1 Å². The summed E-state index contributed by atoms with van der Waals surface area (Å²) in [5.74, 6) is 0. The summed E-state index contributed by atoms with van der Waals surface area (Å²) in [6.07, 6.45) is 4.78. The lowest BCUT2D eigenvalue weighted by atomic mass is 9.99. The van der Waals surface area contributed by atoms with Gasteiger partial charge in [-0.2, -0.15) is 0 Å². The van der Waals surface area contributed by atoms with Crippen molar-refractivity contribution in [1.29, 1.82) is 0 Å². The van der Waals surface area contributed by atoms with E-state index in [-0.39, 0.29) is 0 Å². The van der Waals surface area contributed by atoms with Crippen molar-refractivity contribution in [1.82, 2.24) is 15.8 Å². The molecule has 0 spiro atoms. The molecule has 14 heavy (non-hydrogen) atoms. The lowest BCUT2D eigenvalue weighted by molar-refractivity contribution is 0.143. The van der Waals surface area contributed by atoms with Crippen LogP contribution in [0, 0.1) is 0 Å². The minimum atomic E-state index is -0.503. The van der Waals surface area contributed by atoms with Gasteiger partial charge in [0.1, 0.15) is 0 Å². The molecule has 2 atom stereocenters. The molecule has 0 aromatic carbocycles. The summed E-state index contributed by atoms with van der Waals surface area (Å²) >= 11 is 0. The summed E-state index contributed by atoms with van der Waals surface area (Å²) in [6, 6.07) is 1.24. The Morgan fingerprint density at radius 2 is 1.93 bits per heavy atom. The highest BCUT2D eigenvalue weighted by atomic mass is 16.2. The molecule has 80 valence electrons. The quantitative estimate of drug-likeness (QED) is 0.537. The third-order valence-corrected chi connectivity index (χ3v) is 3.50. The Balaban J connectivity index is 1.84. The Morgan fingerprint density at radius 1 is 1.36 bits per heavy atom. The molecule has 0 aliphatic carbocycles. The molecule has 4 N–H and O–H groups in total. The number of amides is 2. The first-order valence-corrected chi connectivity index (χ1v) is 5.19. The molecule has 2 bridgehead atoms. The third-order valence-electron chi connectivity index (χ3n) is 3.50. The number of carbonyl (C=O) groups excluding carboxylic acids is 1. The van der Waals surface area contributed by atoms with E-state index in [0.29, 0.717) is 18.1 Å². The number of piperidine rings is 1. The van der Waals surface area contributed by atoms with Gasteiger partial charge in [-0.3, -0.25) is 5.43 Å². The molecule has 2 fully saturated rings. The Kier molecular flexibility index (Phi) is 2.60. The van der Waals surface area contributed by atoms with Crippen molar-refractivity contribution >= 4 is 6.03 Å². The average Bonchev–Trinajstić information content (AvgIpc) is 2.41. The highest BCUT2D eigenvalue weighted by molar-refractivity contribution is 5.70. The van der Waals surface area contributed by atoms with Crippen LogP contribution in [0.3, 0.4) is 0 Å². The van der Waals surface area contributed by atoms with Crippen molar-refractivity contribution in [2.24, 2.45) is 5.73 Å². The number of carbonyl (C=O) groups is 1. The smallest absolute Gasteiger partial charge is 0.326 e. The summed E-state index contributed by atoms with van der Waals surface area (Å²) in [4.78, 5) is 13.0. The Bertz CT molecular complexity index is 219. The van der Waals surface area contributed by atoms with Gasteiger partial charge >= 0.3 is 6.03 Å². The van der Waals surface area contributed by atoms with E-state index in [9.17, 15) is 4.79 Å². The van der Waals surface area contributed by atoms with Crippen LogP contribution in [0.1, 0.15) is 25.7 Å². The number of hydrazine groups is 1. The van der Waals surface area contributed by atoms with Gasteiger partial charge in [0.15, 0.2) is 0 Å². The molecule has 2 rings (SSSR count). The minimum absolute atomic E-state index is 0.385. The van der Waals surface area contributed by atoms with Crippen LogP contribution in [0.4, 0.5) is 4.79 Å². The Hall–Kier alpha value is -0.810. The number of fused-ring (bicyclic) bond motifs is 2. The summed E-state index contributed by atoms with van der Waals surface area (Å²) in [6.45, 7) is 0. The summed E-state index contributed by atoms with van der Waals surface area (Å²) in [5, 5.41) is 0. The number of hydrogen-bond donors (Lipinski definition) is 3.